The predicted octanol–water partition coefficient (Wildman–Crippen LogP) is 4.56. The van der Waals surface area contributed by atoms with Gasteiger partial charge in [0, 0.05) is 22.8 Å². The van der Waals surface area contributed by atoms with Crippen LogP contribution in [0.25, 0.3) is 23.1 Å². The second-order valence-corrected chi connectivity index (χ2v) is 6.01. The Morgan fingerprint density at radius 2 is 2.18 bits per heavy atom. The van der Waals surface area contributed by atoms with Gasteiger partial charge >= 0.3 is 0 Å². The van der Waals surface area contributed by atoms with E-state index in [1.165, 1.54) is 16.5 Å². The first-order valence-electron chi connectivity index (χ1n) is 5.18. The van der Waals surface area contributed by atoms with Crippen LogP contribution in [-0.4, -0.2) is 9.97 Å². The average molecular weight is 305 g/mol. The van der Waals surface area contributed by atoms with Crippen molar-refractivity contribution in [2.45, 2.75) is 0 Å². The smallest absolute Gasteiger partial charge is 0.159 e. The van der Waals surface area contributed by atoms with E-state index in [0.717, 1.165) is 8.79 Å². The van der Waals surface area contributed by atoms with Gasteiger partial charge in [-0.25, -0.2) is 4.98 Å². The first kappa shape index (κ1) is 10.7. The quantitative estimate of drug-likeness (QED) is 0.739. The van der Waals surface area contributed by atoms with Crippen molar-refractivity contribution in [2.75, 3.05) is 0 Å². The summed E-state index contributed by atoms with van der Waals surface area (Å²) in [6.45, 7) is 0. The van der Waals surface area contributed by atoms with Gasteiger partial charge in [0.25, 0.3) is 0 Å². The molecule has 0 aliphatic rings. The first-order valence-corrected chi connectivity index (χ1v) is 6.79. The Labute approximate surface area is 111 Å². The number of fused-ring (bicyclic) bond motifs is 1. The Hall–Kier alpha value is -1.39. The number of hydrogen-bond donors (Lipinski definition) is 1. The number of benzene rings is 1. The summed E-state index contributed by atoms with van der Waals surface area (Å²) < 4.78 is 0.915. The van der Waals surface area contributed by atoms with Gasteiger partial charge in [0.1, 0.15) is 0 Å². The third kappa shape index (κ3) is 2.33. The van der Waals surface area contributed by atoms with E-state index >= 15 is 0 Å². The molecule has 1 N–H and O–H groups in total. The highest BCUT2D eigenvalue weighted by molar-refractivity contribution is 9.11. The average Bonchev–Trinajstić information content (AvgIpc) is 2.94. The third-order valence-corrected chi connectivity index (χ3v) is 3.95. The Morgan fingerprint density at radius 1 is 1.24 bits per heavy atom. The SMILES string of the molecule is Brc1ncc(/C=C/c2ccc3[nH]ccc3c2)s1. The zero-order valence-electron chi connectivity index (χ0n) is 8.85. The molecule has 4 heteroatoms. The molecular formula is C13H9BrN2S. The summed E-state index contributed by atoms with van der Waals surface area (Å²) >= 11 is 4.98. The molecule has 2 nitrogen and oxygen atoms in total. The molecule has 0 unspecified atom stereocenters. The second-order valence-electron chi connectivity index (χ2n) is 3.67. The van der Waals surface area contributed by atoms with Gasteiger partial charge in [-0.2, -0.15) is 0 Å². The molecule has 2 heterocycles. The van der Waals surface area contributed by atoms with E-state index in [1.54, 1.807) is 11.3 Å². The lowest BCUT2D eigenvalue weighted by atomic mass is 10.1. The highest BCUT2D eigenvalue weighted by atomic mass is 79.9. The van der Waals surface area contributed by atoms with Crippen molar-refractivity contribution in [2.24, 2.45) is 0 Å². The van der Waals surface area contributed by atoms with Crippen molar-refractivity contribution in [1.29, 1.82) is 0 Å². The number of rotatable bonds is 2. The molecule has 0 saturated heterocycles. The summed E-state index contributed by atoms with van der Waals surface area (Å²) in [6.07, 6.45) is 8.00. The van der Waals surface area contributed by atoms with Crippen LogP contribution in [0.3, 0.4) is 0 Å². The summed E-state index contributed by atoms with van der Waals surface area (Å²) in [6, 6.07) is 8.44. The van der Waals surface area contributed by atoms with Gasteiger partial charge in [-0.05, 0) is 51.2 Å². The van der Waals surface area contributed by atoms with Crippen molar-refractivity contribution in [3.05, 3.63) is 51.0 Å². The minimum absolute atomic E-state index is 0.915. The standard InChI is InChI=1S/C13H9BrN2S/c14-13-16-8-11(17-13)3-1-9-2-4-12-10(7-9)5-6-15-12/h1-8,15H/b3-1+. The van der Waals surface area contributed by atoms with Gasteiger partial charge in [0.15, 0.2) is 3.92 Å². The molecule has 0 fully saturated rings. The number of hydrogen-bond acceptors (Lipinski definition) is 2. The van der Waals surface area contributed by atoms with Crippen LogP contribution in [0.2, 0.25) is 0 Å². The molecule has 0 radical (unpaired) electrons. The Kier molecular flexibility index (Phi) is 2.82. The molecule has 3 rings (SSSR count). The molecule has 0 atom stereocenters. The molecule has 3 aromatic rings. The zero-order valence-corrected chi connectivity index (χ0v) is 11.3. The third-order valence-electron chi connectivity index (χ3n) is 2.51. The van der Waals surface area contributed by atoms with E-state index in [9.17, 15) is 0 Å². The monoisotopic (exact) mass is 304 g/mol. The largest absolute Gasteiger partial charge is 0.361 e. The van der Waals surface area contributed by atoms with Crippen LogP contribution in [0, 0.1) is 0 Å². The highest BCUT2D eigenvalue weighted by Gasteiger charge is 1.96. The molecule has 0 saturated carbocycles. The maximum atomic E-state index is 4.15. The van der Waals surface area contributed by atoms with Gasteiger partial charge < -0.3 is 4.98 Å². The zero-order chi connectivity index (χ0) is 11.7. The van der Waals surface area contributed by atoms with Crippen LogP contribution in [-0.2, 0) is 0 Å². The van der Waals surface area contributed by atoms with Gasteiger partial charge in [-0.1, -0.05) is 12.1 Å². The fourth-order valence-electron chi connectivity index (χ4n) is 1.70. The molecule has 0 amide bonds. The lowest BCUT2D eigenvalue weighted by Gasteiger charge is -1.93. The Balaban J connectivity index is 1.91. The normalized spacial score (nSPS) is 11.6. The number of halogens is 1. The lowest BCUT2D eigenvalue weighted by molar-refractivity contribution is 1.38. The predicted molar refractivity (Wildman–Crippen MR) is 77.0 cm³/mol. The van der Waals surface area contributed by atoms with Crippen molar-refractivity contribution < 1.29 is 0 Å². The molecule has 0 aliphatic heterocycles. The summed E-state index contributed by atoms with van der Waals surface area (Å²) in [4.78, 5) is 8.48. The molecule has 17 heavy (non-hydrogen) atoms. The van der Waals surface area contributed by atoms with E-state index < -0.39 is 0 Å². The van der Waals surface area contributed by atoms with Crippen molar-refractivity contribution in [3.63, 3.8) is 0 Å². The molecular weight excluding hydrogens is 296 g/mol. The van der Waals surface area contributed by atoms with Crippen LogP contribution in [0.1, 0.15) is 10.4 Å². The van der Waals surface area contributed by atoms with Crippen LogP contribution in [0.15, 0.2) is 40.6 Å². The molecule has 1 aromatic carbocycles. The Bertz CT molecular complexity index is 681. The van der Waals surface area contributed by atoms with E-state index in [-0.39, 0.29) is 0 Å². The van der Waals surface area contributed by atoms with Crippen LogP contribution < -0.4 is 0 Å². The Morgan fingerprint density at radius 3 is 3.00 bits per heavy atom. The number of nitrogens with zero attached hydrogens (tertiary/aromatic N) is 1. The van der Waals surface area contributed by atoms with Gasteiger partial charge in [-0.3, -0.25) is 0 Å². The van der Waals surface area contributed by atoms with Gasteiger partial charge in [0.05, 0.1) is 0 Å². The second kappa shape index (κ2) is 4.47. The minimum atomic E-state index is 0.915. The maximum Gasteiger partial charge on any atom is 0.159 e. The van der Waals surface area contributed by atoms with E-state index in [2.05, 4.69) is 62.3 Å². The van der Waals surface area contributed by atoms with Crippen molar-refractivity contribution in [3.8, 4) is 0 Å². The van der Waals surface area contributed by atoms with E-state index in [0.29, 0.717) is 0 Å². The van der Waals surface area contributed by atoms with Crippen LogP contribution in [0.5, 0.6) is 0 Å². The highest BCUT2D eigenvalue weighted by Crippen LogP contribution is 2.21. The first-order chi connectivity index (χ1) is 8.31. The lowest BCUT2D eigenvalue weighted by Crippen LogP contribution is -1.72. The van der Waals surface area contributed by atoms with Gasteiger partial charge in [0.2, 0.25) is 0 Å². The number of thiazole rings is 1. The van der Waals surface area contributed by atoms with Crippen LogP contribution in [0.4, 0.5) is 0 Å². The molecule has 0 bridgehead atoms. The topological polar surface area (TPSA) is 28.7 Å². The number of H-pyrrole nitrogens is 1. The summed E-state index contributed by atoms with van der Waals surface area (Å²) in [5.74, 6) is 0. The minimum Gasteiger partial charge on any atom is -0.361 e. The molecule has 0 aliphatic carbocycles. The molecule has 84 valence electrons. The molecule has 0 spiro atoms. The number of aromatic nitrogens is 2. The van der Waals surface area contributed by atoms with Crippen molar-refractivity contribution >= 4 is 50.3 Å². The van der Waals surface area contributed by atoms with Gasteiger partial charge in [-0.15, -0.1) is 11.3 Å². The summed E-state index contributed by atoms with van der Waals surface area (Å²) in [5, 5.41) is 1.23. The van der Waals surface area contributed by atoms with Crippen LogP contribution >= 0.6 is 27.3 Å². The summed E-state index contributed by atoms with van der Waals surface area (Å²) in [7, 11) is 0. The fraction of sp³-hybridized carbons (Fsp3) is 0. The summed E-state index contributed by atoms with van der Waals surface area (Å²) in [5.41, 5.74) is 2.37. The molecule has 2 aromatic heterocycles. The number of aromatic amines is 1. The van der Waals surface area contributed by atoms with E-state index in [4.69, 9.17) is 0 Å². The number of nitrogens with one attached hydrogen (secondary N) is 1. The van der Waals surface area contributed by atoms with E-state index in [1.807, 2.05) is 12.4 Å². The maximum absolute atomic E-state index is 4.15. The van der Waals surface area contributed by atoms with Crippen molar-refractivity contribution in [1.82, 2.24) is 9.97 Å². The fourth-order valence-corrected chi connectivity index (χ4v) is 2.90.